The van der Waals surface area contributed by atoms with Crippen LogP contribution in [0.5, 0.6) is 0 Å². The molecule has 0 unspecified atom stereocenters. The van der Waals surface area contributed by atoms with Crippen LogP contribution in [-0.2, 0) is 32.6 Å². The average Bonchev–Trinajstić information content (AvgIpc) is 3.03. The van der Waals surface area contributed by atoms with Gasteiger partial charge >= 0.3 is 0 Å². The maximum Gasteiger partial charge on any atom is 0.264 e. The van der Waals surface area contributed by atoms with Crippen LogP contribution >= 0.6 is 11.6 Å². The number of carbonyl (C=O) groups is 2. The predicted molar refractivity (Wildman–Crippen MR) is 176 cm³/mol. The Balaban J connectivity index is 1.82. The molecule has 45 heavy (non-hydrogen) atoms. The normalized spacial score (nSPS) is 11.9. The van der Waals surface area contributed by atoms with Gasteiger partial charge in [-0.3, -0.25) is 13.9 Å². The molecule has 4 aromatic rings. The summed E-state index contributed by atoms with van der Waals surface area (Å²) in [7, 11) is -4.28. The van der Waals surface area contributed by atoms with Gasteiger partial charge in [0, 0.05) is 30.1 Å². The average molecular weight is 650 g/mol. The number of sulfonamides is 1. The first-order valence-electron chi connectivity index (χ1n) is 14.7. The number of nitrogens with one attached hydrogen (secondary N) is 1. The summed E-state index contributed by atoms with van der Waals surface area (Å²) in [5, 5.41) is 3.20. The molecule has 1 atom stereocenters. The van der Waals surface area contributed by atoms with Crippen LogP contribution in [0, 0.1) is 19.7 Å². The van der Waals surface area contributed by atoms with E-state index in [0.29, 0.717) is 18.0 Å². The van der Waals surface area contributed by atoms with Crippen LogP contribution in [0.1, 0.15) is 35.6 Å². The minimum absolute atomic E-state index is 0.0141. The Kier molecular flexibility index (Phi) is 11.4. The first kappa shape index (κ1) is 33.7. The monoisotopic (exact) mass is 649 g/mol. The summed E-state index contributed by atoms with van der Waals surface area (Å²) < 4.78 is 44.2. The highest BCUT2D eigenvalue weighted by Crippen LogP contribution is 2.29. The Morgan fingerprint density at radius 2 is 1.58 bits per heavy atom. The Bertz CT molecular complexity index is 1730. The Morgan fingerprint density at radius 1 is 0.911 bits per heavy atom. The second-order valence-corrected chi connectivity index (χ2v) is 13.1. The van der Waals surface area contributed by atoms with Crippen LogP contribution in [0.2, 0.25) is 5.02 Å². The molecule has 0 aliphatic heterocycles. The molecule has 1 N–H and O–H groups in total. The lowest BCUT2D eigenvalue weighted by atomic mass is 10.0. The number of hydrogen-bond acceptors (Lipinski definition) is 4. The Hall–Kier alpha value is -4.21. The molecule has 0 aliphatic carbocycles. The standard InChI is InChI=1S/C35H37ClFN3O4S/c1-4-20-38-35(42)33(21-27-10-6-5-7-11-27)39(23-28-12-8-9-13-32(28)37)34(41)24-40(29-17-16-26(3)31(36)22-29)45(43,44)30-18-14-25(2)15-19-30/h5-19,22,33H,4,20-21,23-24H2,1-3H3,(H,38,42)/t33-/m0/s1. The Labute approximate surface area is 269 Å². The van der Waals surface area contributed by atoms with Crippen LogP contribution in [-0.4, -0.2) is 44.3 Å². The summed E-state index contributed by atoms with van der Waals surface area (Å²) in [5.74, 6) is -1.65. The van der Waals surface area contributed by atoms with Crippen molar-refractivity contribution in [3.05, 3.63) is 130 Å². The smallest absolute Gasteiger partial charge is 0.264 e. The van der Waals surface area contributed by atoms with Gasteiger partial charge in [-0.2, -0.15) is 0 Å². The number of anilines is 1. The van der Waals surface area contributed by atoms with Crippen molar-refractivity contribution in [2.24, 2.45) is 0 Å². The highest BCUT2D eigenvalue weighted by Gasteiger charge is 2.35. The molecular formula is C35H37ClFN3O4S. The molecule has 0 bridgehead atoms. The summed E-state index contributed by atoms with van der Waals surface area (Å²) in [6.07, 6.45) is 0.805. The number of hydrogen-bond donors (Lipinski definition) is 1. The molecular weight excluding hydrogens is 613 g/mol. The molecule has 0 saturated carbocycles. The largest absolute Gasteiger partial charge is 0.354 e. The Morgan fingerprint density at radius 3 is 2.22 bits per heavy atom. The lowest BCUT2D eigenvalue weighted by Crippen LogP contribution is -2.53. The van der Waals surface area contributed by atoms with Crippen molar-refractivity contribution in [1.29, 1.82) is 0 Å². The third-order valence-electron chi connectivity index (χ3n) is 7.45. The van der Waals surface area contributed by atoms with Crippen LogP contribution in [0.3, 0.4) is 0 Å². The van der Waals surface area contributed by atoms with E-state index in [0.717, 1.165) is 21.0 Å². The van der Waals surface area contributed by atoms with Crippen molar-refractivity contribution in [2.75, 3.05) is 17.4 Å². The lowest BCUT2D eigenvalue weighted by molar-refractivity contribution is -0.140. The van der Waals surface area contributed by atoms with Gasteiger partial charge in [0.1, 0.15) is 18.4 Å². The van der Waals surface area contributed by atoms with Crippen molar-refractivity contribution in [1.82, 2.24) is 10.2 Å². The van der Waals surface area contributed by atoms with Crippen molar-refractivity contribution < 1.29 is 22.4 Å². The number of carbonyl (C=O) groups excluding carboxylic acids is 2. The molecule has 4 rings (SSSR count). The summed E-state index contributed by atoms with van der Waals surface area (Å²) >= 11 is 6.42. The molecule has 2 amide bonds. The van der Waals surface area contributed by atoms with Crippen molar-refractivity contribution >= 4 is 39.1 Å². The fourth-order valence-electron chi connectivity index (χ4n) is 4.83. The molecule has 0 fully saturated rings. The summed E-state index contributed by atoms with van der Waals surface area (Å²) in [6.45, 7) is 5.01. The highest BCUT2D eigenvalue weighted by atomic mass is 35.5. The van der Waals surface area contributed by atoms with E-state index in [1.807, 2.05) is 44.2 Å². The molecule has 4 aromatic carbocycles. The predicted octanol–water partition coefficient (Wildman–Crippen LogP) is 6.46. The van der Waals surface area contributed by atoms with E-state index < -0.39 is 40.2 Å². The quantitative estimate of drug-likeness (QED) is 0.180. The van der Waals surface area contributed by atoms with E-state index in [9.17, 15) is 18.0 Å². The topological polar surface area (TPSA) is 86.8 Å². The van der Waals surface area contributed by atoms with Crippen LogP contribution < -0.4 is 9.62 Å². The van der Waals surface area contributed by atoms with Crippen molar-refractivity contribution in [3.63, 3.8) is 0 Å². The van der Waals surface area contributed by atoms with Gasteiger partial charge in [0.15, 0.2) is 0 Å². The highest BCUT2D eigenvalue weighted by molar-refractivity contribution is 7.92. The third kappa shape index (κ3) is 8.49. The lowest BCUT2D eigenvalue weighted by Gasteiger charge is -2.34. The fraction of sp³-hybridized carbons (Fsp3) is 0.257. The zero-order chi connectivity index (χ0) is 32.6. The molecule has 0 aliphatic rings. The SMILES string of the molecule is CCCNC(=O)[C@H](Cc1ccccc1)N(Cc1ccccc1F)C(=O)CN(c1ccc(C)c(Cl)c1)S(=O)(=O)c1ccc(C)cc1. The number of benzene rings is 4. The molecule has 0 heterocycles. The third-order valence-corrected chi connectivity index (χ3v) is 9.65. The maximum absolute atomic E-state index is 15.0. The number of nitrogens with zero attached hydrogens (tertiary/aromatic N) is 2. The number of halogens is 2. The number of rotatable bonds is 13. The van der Waals surface area contributed by atoms with E-state index >= 15 is 4.39 Å². The van der Waals surface area contributed by atoms with Gasteiger partial charge in [0.25, 0.3) is 10.0 Å². The van der Waals surface area contributed by atoms with Gasteiger partial charge < -0.3 is 10.2 Å². The molecule has 0 saturated heterocycles. The summed E-state index contributed by atoms with van der Waals surface area (Å²) in [5.41, 5.74) is 2.76. The van der Waals surface area contributed by atoms with Gasteiger partial charge in [-0.25, -0.2) is 12.8 Å². The second-order valence-electron chi connectivity index (χ2n) is 10.9. The molecule has 0 aromatic heterocycles. The van der Waals surface area contributed by atoms with E-state index in [1.165, 1.54) is 35.2 Å². The van der Waals surface area contributed by atoms with E-state index in [4.69, 9.17) is 11.6 Å². The molecule has 7 nitrogen and oxygen atoms in total. The summed E-state index contributed by atoms with van der Waals surface area (Å²) in [6, 6.07) is 25.2. The zero-order valence-electron chi connectivity index (χ0n) is 25.5. The van der Waals surface area contributed by atoms with E-state index in [2.05, 4.69) is 5.32 Å². The molecule has 0 radical (unpaired) electrons. The van der Waals surface area contributed by atoms with Crippen molar-refractivity contribution in [3.8, 4) is 0 Å². The minimum Gasteiger partial charge on any atom is -0.354 e. The van der Waals surface area contributed by atoms with Gasteiger partial charge in [-0.05, 0) is 61.7 Å². The first-order chi connectivity index (χ1) is 21.5. The number of aryl methyl sites for hydroxylation is 2. The van der Waals surface area contributed by atoms with Gasteiger partial charge in [-0.15, -0.1) is 0 Å². The molecule has 0 spiro atoms. The van der Waals surface area contributed by atoms with E-state index in [-0.39, 0.29) is 29.1 Å². The fourth-order valence-corrected chi connectivity index (χ4v) is 6.41. The van der Waals surface area contributed by atoms with E-state index in [1.54, 1.807) is 43.3 Å². The molecule has 236 valence electrons. The first-order valence-corrected chi connectivity index (χ1v) is 16.5. The van der Waals surface area contributed by atoms with Crippen LogP contribution in [0.15, 0.2) is 102 Å². The zero-order valence-corrected chi connectivity index (χ0v) is 27.1. The van der Waals surface area contributed by atoms with Crippen LogP contribution in [0.4, 0.5) is 10.1 Å². The second kappa shape index (κ2) is 15.2. The van der Waals surface area contributed by atoms with Gasteiger partial charge in [0.2, 0.25) is 11.8 Å². The van der Waals surface area contributed by atoms with Crippen molar-refractivity contribution in [2.45, 2.75) is 51.1 Å². The number of amides is 2. The minimum atomic E-state index is -4.28. The van der Waals surface area contributed by atoms with Gasteiger partial charge in [0.05, 0.1) is 10.6 Å². The van der Waals surface area contributed by atoms with Gasteiger partial charge in [-0.1, -0.05) is 90.8 Å². The molecule has 10 heteroatoms. The summed E-state index contributed by atoms with van der Waals surface area (Å²) in [4.78, 5) is 29.3. The van der Waals surface area contributed by atoms with Crippen LogP contribution in [0.25, 0.3) is 0 Å². The maximum atomic E-state index is 15.0.